The number of methoxy groups -OCH3 is 1. The number of hydrogen-bond donors (Lipinski definition) is 1. The fraction of sp³-hybridized carbons (Fsp3) is 0.625. The molecule has 1 aromatic carbocycles. The molecule has 0 saturated carbocycles. The monoisotopic (exact) mass is 262 g/mol. The smallest absolute Gasteiger partial charge is 0.121 e. The average Bonchev–Trinajstić information content (AvgIpc) is 2.46. The van der Waals surface area contributed by atoms with Crippen LogP contribution in [0.25, 0.3) is 0 Å². The zero-order valence-corrected chi connectivity index (χ0v) is 12.4. The molecule has 1 heterocycles. The van der Waals surface area contributed by atoms with E-state index in [-0.39, 0.29) is 0 Å². The molecule has 0 aliphatic carbocycles. The standard InChI is InChI=1S/C16H26N2O/c1-4-18-9-7-15(8-10-18)17-12-14-5-6-16(19-3)13(2)11-14/h5-6,11,15,17H,4,7-10,12H2,1-3H3. The van der Waals surface area contributed by atoms with Crippen molar-refractivity contribution < 1.29 is 4.74 Å². The van der Waals surface area contributed by atoms with Gasteiger partial charge >= 0.3 is 0 Å². The van der Waals surface area contributed by atoms with E-state index in [1.54, 1.807) is 7.11 Å². The summed E-state index contributed by atoms with van der Waals surface area (Å²) in [7, 11) is 1.72. The molecule has 1 aromatic rings. The minimum atomic E-state index is 0.671. The van der Waals surface area contributed by atoms with E-state index in [4.69, 9.17) is 4.74 Å². The lowest BCUT2D eigenvalue weighted by Gasteiger charge is -2.31. The minimum absolute atomic E-state index is 0.671. The quantitative estimate of drug-likeness (QED) is 0.882. The lowest BCUT2D eigenvalue weighted by Crippen LogP contribution is -2.42. The van der Waals surface area contributed by atoms with E-state index in [1.807, 2.05) is 0 Å². The van der Waals surface area contributed by atoms with E-state index in [0.29, 0.717) is 6.04 Å². The first-order valence-electron chi connectivity index (χ1n) is 7.32. The van der Waals surface area contributed by atoms with E-state index >= 15 is 0 Å². The van der Waals surface area contributed by atoms with Gasteiger partial charge in [-0.05, 0) is 56.6 Å². The maximum Gasteiger partial charge on any atom is 0.121 e. The Hall–Kier alpha value is -1.06. The normalized spacial score (nSPS) is 17.6. The second-order valence-electron chi connectivity index (χ2n) is 5.39. The Labute approximate surface area is 116 Å². The van der Waals surface area contributed by atoms with E-state index in [9.17, 15) is 0 Å². The van der Waals surface area contributed by atoms with Crippen molar-refractivity contribution >= 4 is 0 Å². The van der Waals surface area contributed by atoms with Crippen molar-refractivity contribution in [3.63, 3.8) is 0 Å². The Bertz CT molecular complexity index is 398. The van der Waals surface area contributed by atoms with Crippen LogP contribution in [0.3, 0.4) is 0 Å². The maximum atomic E-state index is 5.29. The number of hydrogen-bond acceptors (Lipinski definition) is 3. The highest BCUT2D eigenvalue weighted by Crippen LogP contribution is 2.19. The molecule has 0 bridgehead atoms. The van der Waals surface area contributed by atoms with Crippen LogP contribution in [0.1, 0.15) is 30.9 Å². The van der Waals surface area contributed by atoms with Gasteiger partial charge in [-0.3, -0.25) is 0 Å². The molecule has 2 rings (SSSR count). The molecule has 0 aromatic heterocycles. The first-order chi connectivity index (χ1) is 9.22. The third-order valence-corrected chi connectivity index (χ3v) is 4.09. The van der Waals surface area contributed by atoms with Crippen LogP contribution in [0.2, 0.25) is 0 Å². The van der Waals surface area contributed by atoms with Gasteiger partial charge in [0.2, 0.25) is 0 Å². The van der Waals surface area contributed by atoms with Gasteiger partial charge in [-0.15, -0.1) is 0 Å². The summed E-state index contributed by atoms with van der Waals surface area (Å²) in [6.07, 6.45) is 2.53. The number of nitrogens with zero attached hydrogens (tertiary/aromatic N) is 1. The van der Waals surface area contributed by atoms with Crippen molar-refractivity contribution in [1.29, 1.82) is 0 Å². The molecule has 0 atom stereocenters. The van der Waals surface area contributed by atoms with Crippen molar-refractivity contribution in [2.75, 3.05) is 26.7 Å². The summed E-state index contributed by atoms with van der Waals surface area (Å²) < 4.78 is 5.29. The van der Waals surface area contributed by atoms with Crippen LogP contribution in [0.15, 0.2) is 18.2 Å². The summed E-state index contributed by atoms with van der Waals surface area (Å²) in [5, 5.41) is 3.68. The van der Waals surface area contributed by atoms with Gasteiger partial charge in [0.1, 0.15) is 5.75 Å². The molecule has 1 aliphatic rings. The number of ether oxygens (including phenoxy) is 1. The molecule has 3 heteroatoms. The van der Waals surface area contributed by atoms with Crippen molar-refractivity contribution in [1.82, 2.24) is 10.2 Å². The van der Waals surface area contributed by atoms with Gasteiger partial charge in [0.25, 0.3) is 0 Å². The highest BCUT2D eigenvalue weighted by atomic mass is 16.5. The molecule has 0 unspecified atom stereocenters. The van der Waals surface area contributed by atoms with Gasteiger partial charge in [0, 0.05) is 12.6 Å². The van der Waals surface area contributed by atoms with E-state index in [0.717, 1.165) is 12.3 Å². The van der Waals surface area contributed by atoms with Gasteiger partial charge in [-0.2, -0.15) is 0 Å². The number of rotatable bonds is 5. The average molecular weight is 262 g/mol. The molecule has 19 heavy (non-hydrogen) atoms. The van der Waals surface area contributed by atoms with Crippen LogP contribution < -0.4 is 10.1 Å². The Kier molecular flexibility index (Phi) is 5.23. The van der Waals surface area contributed by atoms with Crippen LogP contribution in [0.4, 0.5) is 0 Å². The second kappa shape index (κ2) is 6.92. The molecule has 0 spiro atoms. The van der Waals surface area contributed by atoms with Crippen LogP contribution in [0.5, 0.6) is 5.75 Å². The van der Waals surface area contributed by atoms with Crippen molar-refractivity contribution in [3.05, 3.63) is 29.3 Å². The summed E-state index contributed by atoms with van der Waals surface area (Å²) in [5.41, 5.74) is 2.55. The molecule has 0 radical (unpaired) electrons. The first kappa shape index (κ1) is 14.4. The zero-order chi connectivity index (χ0) is 13.7. The van der Waals surface area contributed by atoms with Crippen LogP contribution in [0, 0.1) is 6.92 Å². The van der Waals surface area contributed by atoms with Crippen molar-refractivity contribution in [2.24, 2.45) is 0 Å². The molecule has 1 saturated heterocycles. The van der Waals surface area contributed by atoms with E-state index in [1.165, 1.54) is 43.6 Å². The SMILES string of the molecule is CCN1CCC(NCc2ccc(OC)c(C)c2)CC1. The molecular weight excluding hydrogens is 236 g/mol. The molecule has 1 N–H and O–H groups in total. The fourth-order valence-electron chi connectivity index (χ4n) is 2.77. The maximum absolute atomic E-state index is 5.29. The summed E-state index contributed by atoms with van der Waals surface area (Å²) in [5.74, 6) is 0.972. The van der Waals surface area contributed by atoms with Gasteiger partial charge in [0.05, 0.1) is 7.11 Å². The fourth-order valence-corrected chi connectivity index (χ4v) is 2.77. The van der Waals surface area contributed by atoms with Crippen molar-refractivity contribution in [2.45, 2.75) is 39.3 Å². The van der Waals surface area contributed by atoms with Gasteiger partial charge in [-0.25, -0.2) is 0 Å². The number of nitrogens with one attached hydrogen (secondary N) is 1. The summed E-state index contributed by atoms with van der Waals surface area (Å²) in [6.45, 7) is 8.95. The summed E-state index contributed by atoms with van der Waals surface area (Å²) >= 11 is 0. The Balaban J connectivity index is 1.81. The number of piperidine rings is 1. The summed E-state index contributed by atoms with van der Waals surface area (Å²) in [6, 6.07) is 7.10. The second-order valence-corrected chi connectivity index (χ2v) is 5.39. The molecule has 1 aliphatic heterocycles. The van der Waals surface area contributed by atoms with Gasteiger partial charge < -0.3 is 15.0 Å². The number of likely N-dealkylation sites (tertiary alicyclic amines) is 1. The lowest BCUT2D eigenvalue weighted by molar-refractivity contribution is 0.206. The largest absolute Gasteiger partial charge is 0.496 e. The van der Waals surface area contributed by atoms with Gasteiger partial charge in [0.15, 0.2) is 0 Å². The molecule has 0 amide bonds. The van der Waals surface area contributed by atoms with Crippen LogP contribution in [-0.2, 0) is 6.54 Å². The third-order valence-electron chi connectivity index (χ3n) is 4.09. The molecule has 106 valence electrons. The highest BCUT2D eigenvalue weighted by Gasteiger charge is 2.17. The third kappa shape index (κ3) is 3.95. The van der Waals surface area contributed by atoms with Crippen LogP contribution >= 0.6 is 0 Å². The summed E-state index contributed by atoms with van der Waals surface area (Å²) in [4.78, 5) is 2.52. The van der Waals surface area contributed by atoms with Crippen molar-refractivity contribution in [3.8, 4) is 5.75 Å². The predicted octanol–water partition coefficient (Wildman–Crippen LogP) is 2.58. The molecule has 1 fully saturated rings. The topological polar surface area (TPSA) is 24.5 Å². The first-order valence-corrected chi connectivity index (χ1v) is 7.32. The van der Waals surface area contributed by atoms with E-state index < -0.39 is 0 Å². The Morgan fingerprint density at radius 3 is 2.63 bits per heavy atom. The minimum Gasteiger partial charge on any atom is -0.496 e. The number of benzene rings is 1. The van der Waals surface area contributed by atoms with E-state index in [2.05, 4.69) is 42.3 Å². The highest BCUT2D eigenvalue weighted by molar-refractivity contribution is 5.36. The Morgan fingerprint density at radius 1 is 1.32 bits per heavy atom. The Morgan fingerprint density at radius 2 is 2.05 bits per heavy atom. The molecular formula is C16H26N2O. The number of aryl methyl sites for hydroxylation is 1. The molecule has 3 nitrogen and oxygen atoms in total. The van der Waals surface area contributed by atoms with Crippen LogP contribution in [-0.4, -0.2) is 37.7 Å². The lowest BCUT2D eigenvalue weighted by atomic mass is 10.0. The zero-order valence-electron chi connectivity index (χ0n) is 12.4. The van der Waals surface area contributed by atoms with Gasteiger partial charge in [-0.1, -0.05) is 19.1 Å². The predicted molar refractivity (Wildman–Crippen MR) is 79.7 cm³/mol.